The summed E-state index contributed by atoms with van der Waals surface area (Å²) in [5.41, 5.74) is 2.49. The van der Waals surface area contributed by atoms with Gasteiger partial charge in [0.05, 0.1) is 0 Å². The van der Waals surface area contributed by atoms with Crippen LogP contribution < -0.4 is 5.48 Å². The van der Waals surface area contributed by atoms with E-state index in [1.54, 1.807) is 11.7 Å². The summed E-state index contributed by atoms with van der Waals surface area (Å²) in [5.74, 6) is -0.690. The average molecular weight is 485 g/mol. The first-order valence-electron chi connectivity index (χ1n) is 8.54. The predicted molar refractivity (Wildman–Crippen MR) is 104 cm³/mol. The van der Waals surface area contributed by atoms with E-state index in [1.165, 1.54) is 4.31 Å². The van der Waals surface area contributed by atoms with Gasteiger partial charge in [0.1, 0.15) is 0 Å². The van der Waals surface area contributed by atoms with Crippen molar-refractivity contribution in [3.8, 4) is 0 Å². The first kappa shape index (κ1) is 22.5. The second-order valence-corrected chi connectivity index (χ2v) is 9.79. The van der Waals surface area contributed by atoms with Gasteiger partial charge in [0.2, 0.25) is 10.0 Å². The molecule has 0 bridgehead atoms. The minimum atomic E-state index is -3.92. The predicted octanol–water partition coefficient (Wildman–Crippen LogP) is 1.83. The topological polar surface area (TPSA) is 109 Å². The molecule has 1 aromatic heterocycles. The molecule has 0 spiro atoms. The number of halogens is 2. The molecule has 0 saturated carbocycles. The molecule has 0 atom stereocenters. The standard InChI is InChI=1S/C16H22BrN3O5S.ClH/c17-13-1-2-14(18-11-13)12-3-7-20(8-4-12)26(23,24)16(15(21)19-22)5-9-25-10-6-16;/h1-2,11-12,22H,3-10H2,(H,19,21);1H. The van der Waals surface area contributed by atoms with E-state index >= 15 is 0 Å². The maximum atomic E-state index is 13.2. The summed E-state index contributed by atoms with van der Waals surface area (Å²) >= 11 is 3.36. The minimum absolute atomic E-state index is 0. The highest BCUT2D eigenvalue weighted by Gasteiger charge is 2.54. The third kappa shape index (κ3) is 4.30. The van der Waals surface area contributed by atoms with E-state index in [2.05, 4.69) is 20.9 Å². The van der Waals surface area contributed by atoms with Gasteiger partial charge in [-0.25, -0.2) is 18.2 Å². The van der Waals surface area contributed by atoms with Crippen LogP contribution in [0.2, 0.25) is 0 Å². The number of amides is 1. The maximum absolute atomic E-state index is 13.2. The van der Waals surface area contributed by atoms with E-state index in [0.29, 0.717) is 25.9 Å². The van der Waals surface area contributed by atoms with Crippen LogP contribution in [-0.2, 0) is 19.6 Å². The Hall–Kier alpha value is -0.780. The first-order valence-corrected chi connectivity index (χ1v) is 10.8. The van der Waals surface area contributed by atoms with Gasteiger partial charge in [0, 0.05) is 61.4 Å². The summed E-state index contributed by atoms with van der Waals surface area (Å²) < 4.78 is 32.3. The highest BCUT2D eigenvalue weighted by molar-refractivity contribution is 9.10. The molecule has 27 heavy (non-hydrogen) atoms. The fourth-order valence-corrected chi connectivity index (χ4v) is 6.06. The Morgan fingerprint density at radius 2 is 1.93 bits per heavy atom. The van der Waals surface area contributed by atoms with Crippen LogP contribution in [0.15, 0.2) is 22.8 Å². The van der Waals surface area contributed by atoms with Crippen LogP contribution in [0.4, 0.5) is 0 Å². The van der Waals surface area contributed by atoms with E-state index in [-0.39, 0.29) is 44.4 Å². The molecule has 8 nitrogen and oxygen atoms in total. The number of pyridine rings is 1. The molecule has 0 unspecified atom stereocenters. The molecule has 2 saturated heterocycles. The third-order valence-electron chi connectivity index (χ3n) is 5.27. The number of hydroxylamine groups is 1. The lowest BCUT2D eigenvalue weighted by molar-refractivity contribution is -0.134. The number of carbonyl (C=O) groups is 1. The van der Waals surface area contributed by atoms with Gasteiger partial charge in [-0.3, -0.25) is 15.0 Å². The molecule has 1 aromatic rings. The van der Waals surface area contributed by atoms with Crippen LogP contribution in [0, 0.1) is 0 Å². The smallest absolute Gasteiger partial charge is 0.266 e. The van der Waals surface area contributed by atoms with Crippen LogP contribution in [0.5, 0.6) is 0 Å². The van der Waals surface area contributed by atoms with Gasteiger partial charge in [-0.2, -0.15) is 0 Å². The lowest BCUT2D eigenvalue weighted by atomic mass is 9.94. The fraction of sp³-hybridized carbons (Fsp3) is 0.625. The van der Waals surface area contributed by atoms with Gasteiger partial charge in [-0.1, -0.05) is 0 Å². The molecular weight excluding hydrogens is 462 g/mol. The number of hydrogen-bond donors (Lipinski definition) is 2. The zero-order chi connectivity index (χ0) is 18.8. The van der Waals surface area contributed by atoms with Gasteiger partial charge in [-0.15, -0.1) is 12.4 Å². The Morgan fingerprint density at radius 1 is 1.30 bits per heavy atom. The third-order valence-corrected chi connectivity index (χ3v) is 8.37. The lowest BCUT2D eigenvalue weighted by Crippen LogP contribution is -2.60. The number of sulfonamides is 1. The fourth-order valence-electron chi connectivity index (χ4n) is 3.67. The van der Waals surface area contributed by atoms with Crippen molar-refractivity contribution in [3.63, 3.8) is 0 Å². The van der Waals surface area contributed by atoms with Crippen LogP contribution >= 0.6 is 28.3 Å². The number of rotatable bonds is 4. The van der Waals surface area contributed by atoms with Gasteiger partial charge in [0.25, 0.3) is 5.91 Å². The summed E-state index contributed by atoms with van der Waals surface area (Å²) in [6.07, 6.45) is 3.09. The highest BCUT2D eigenvalue weighted by atomic mass is 79.9. The van der Waals surface area contributed by atoms with Crippen molar-refractivity contribution in [2.24, 2.45) is 0 Å². The molecule has 1 amide bonds. The van der Waals surface area contributed by atoms with Crippen molar-refractivity contribution >= 4 is 44.3 Å². The van der Waals surface area contributed by atoms with Crippen LogP contribution in [-0.4, -0.2) is 59.9 Å². The second-order valence-electron chi connectivity index (χ2n) is 6.63. The van der Waals surface area contributed by atoms with Crippen molar-refractivity contribution in [1.82, 2.24) is 14.8 Å². The molecule has 0 radical (unpaired) electrons. The number of aromatic nitrogens is 1. The van der Waals surface area contributed by atoms with Gasteiger partial charge in [0.15, 0.2) is 4.75 Å². The van der Waals surface area contributed by atoms with Crippen molar-refractivity contribution in [3.05, 3.63) is 28.5 Å². The molecule has 0 aromatic carbocycles. The summed E-state index contributed by atoms with van der Waals surface area (Å²) in [7, 11) is -3.92. The molecule has 2 aliphatic rings. The maximum Gasteiger partial charge on any atom is 0.266 e. The van der Waals surface area contributed by atoms with Crippen molar-refractivity contribution < 1.29 is 23.2 Å². The summed E-state index contributed by atoms with van der Waals surface area (Å²) in [4.78, 5) is 16.7. The Morgan fingerprint density at radius 3 is 2.44 bits per heavy atom. The molecule has 11 heteroatoms. The average Bonchev–Trinajstić information content (AvgIpc) is 2.68. The SMILES string of the molecule is Cl.O=C(NO)C1(S(=O)(=O)N2CCC(c3ccc(Br)cn3)CC2)CCOCC1. The Balaban J connectivity index is 0.00000261. The molecule has 2 aliphatic heterocycles. The molecule has 3 heterocycles. The molecule has 2 fully saturated rings. The zero-order valence-electron chi connectivity index (χ0n) is 14.6. The zero-order valence-corrected chi connectivity index (χ0v) is 17.9. The van der Waals surface area contributed by atoms with Crippen molar-refractivity contribution in [1.29, 1.82) is 0 Å². The van der Waals surface area contributed by atoms with Crippen molar-refractivity contribution in [2.75, 3.05) is 26.3 Å². The number of nitrogens with one attached hydrogen (secondary N) is 1. The van der Waals surface area contributed by atoms with Crippen LogP contribution in [0.3, 0.4) is 0 Å². The molecular formula is C16H23BrClN3O5S. The van der Waals surface area contributed by atoms with E-state index in [1.807, 2.05) is 12.1 Å². The summed E-state index contributed by atoms with van der Waals surface area (Å²) in [5, 5.41) is 9.09. The number of ether oxygens (including phenoxy) is 1. The lowest BCUT2D eigenvalue weighted by Gasteiger charge is -2.40. The Labute approximate surface area is 173 Å². The number of piperidine rings is 1. The highest BCUT2D eigenvalue weighted by Crippen LogP contribution is 2.36. The molecule has 2 N–H and O–H groups in total. The van der Waals surface area contributed by atoms with Crippen LogP contribution in [0.1, 0.15) is 37.3 Å². The first-order chi connectivity index (χ1) is 12.4. The van der Waals surface area contributed by atoms with Gasteiger partial charge < -0.3 is 4.74 Å². The van der Waals surface area contributed by atoms with Gasteiger partial charge >= 0.3 is 0 Å². The summed E-state index contributed by atoms with van der Waals surface area (Å²) in [6.45, 7) is 0.996. The Kier molecular flexibility index (Phi) is 7.62. The number of nitrogens with zero attached hydrogens (tertiary/aromatic N) is 2. The summed E-state index contributed by atoms with van der Waals surface area (Å²) in [6, 6.07) is 3.87. The van der Waals surface area contributed by atoms with E-state index in [9.17, 15) is 13.2 Å². The number of carbonyl (C=O) groups excluding carboxylic acids is 1. The van der Waals surface area contributed by atoms with Crippen molar-refractivity contribution in [2.45, 2.75) is 36.3 Å². The number of hydrogen-bond acceptors (Lipinski definition) is 6. The quantitative estimate of drug-likeness (QED) is 0.498. The molecule has 0 aliphatic carbocycles. The van der Waals surface area contributed by atoms with Gasteiger partial charge in [-0.05, 0) is 40.9 Å². The van der Waals surface area contributed by atoms with E-state index in [4.69, 9.17) is 9.94 Å². The van der Waals surface area contributed by atoms with E-state index < -0.39 is 20.7 Å². The Bertz CT molecular complexity index is 748. The van der Waals surface area contributed by atoms with E-state index in [0.717, 1.165) is 10.2 Å². The van der Waals surface area contributed by atoms with Crippen LogP contribution in [0.25, 0.3) is 0 Å². The normalized spacial score (nSPS) is 21.3. The largest absolute Gasteiger partial charge is 0.381 e. The molecule has 3 rings (SSSR count). The second kappa shape index (κ2) is 9.15. The molecule has 152 valence electrons. The minimum Gasteiger partial charge on any atom is -0.381 e. The monoisotopic (exact) mass is 483 g/mol.